The summed E-state index contributed by atoms with van der Waals surface area (Å²) >= 11 is 2.99. The van der Waals surface area contributed by atoms with Gasteiger partial charge in [0.1, 0.15) is 0 Å². The molecule has 0 saturated heterocycles. The maximum Gasteiger partial charge on any atom is 0.311 e. The van der Waals surface area contributed by atoms with Crippen LogP contribution in [0.3, 0.4) is 0 Å². The quantitative estimate of drug-likeness (QED) is 0.798. The molecular formula is C9H8BrF2NO2. The summed E-state index contributed by atoms with van der Waals surface area (Å²) in [5.74, 6) is -0.595. The van der Waals surface area contributed by atoms with E-state index in [1.165, 1.54) is 19.4 Å². The van der Waals surface area contributed by atoms with Crippen LogP contribution in [-0.4, -0.2) is 18.1 Å². The Labute approximate surface area is 93.6 Å². The summed E-state index contributed by atoms with van der Waals surface area (Å²) in [6.45, 7) is 0. The Hall–Kier alpha value is -1.04. The molecule has 1 rings (SSSR count). The predicted octanol–water partition coefficient (Wildman–Crippen LogP) is 2.50. The fraction of sp³-hybridized carbons (Fsp3) is 0.333. The molecule has 0 spiro atoms. The Morgan fingerprint density at radius 1 is 1.67 bits per heavy atom. The van der Waals surface area contributed by atoms with E-state index in [1.807, 2.05) is 0 Å². The second-order valence-electron chi connectivity index (χ2n) is 2.71. The lowest BCUT2D eigenvalue weighted by Gasteiger charge is -2.08. The van der Waals surface area contributed by atoms with Gasteiger partial charge in [-0.3, -0.25) is 9.78 Å². The number of carbonyl (C=O) groups is 1. The third-order valence-corrected chi connectivity index (χ3v) is 2.47. The van der Waals surface area contributed by atoms with Gasteiger partial charge >= 0.3 is 5.97 Å². The number of halogens is 3. The molecule has 0 radical (unpaired) electrons. The minimum atomic E-state index is -2.67. The molecule has 82 valence electrons. The number of hydrogen-bond donors (Lipinski definition) is 0. The highest BCUT2D eigenvalue weighted by Crippen LogP contribution is 2.29. The number of nitrogens with zero attached hydrogens (tertiary/aromatic N) is 1. The van der Waals surface area contributed by atoms with Crippen molar-refractivity contribution in [3.63, 3.8) is 0 Å². The maximum absolute atomic E-state index is 12.6. The van der Waals surface area contributed by atoms with Gasteiger partial charge in [-0.1, -0.05) is 15.9 Å². The summed E-state index contributed by atoms with van der Waals surface area (Å²) in [6, 6.07) is 1.41. The Kier molecular flexibility index (Phi) is 4.14. The lowest BCUT2D eigenvalue weighted by Crippen LogP contribution is -2.09. The van der Waals surface area contributed by atoms with E-state index in [4.69, 9.17) is 0 Å². The van der Waals surface area contributed by atoms with Gasteiger partial charge in [0.25, 0.3) is 6.43 Å². The van der Waals surface area contributed by atoms with Crippen LogP contribution in [0.5, 0.6) is 0 Å². The first-order valence-corrected chi connectivity index (χ1v) is 4.83. The summed E-state index contributed by atoms with van der Waals surface area (Å²) in [7, 11) is 1.20. The summed E-state index contributed by atoms with van der Waals surface area (Å²) in [6.07, 6.45) is -1.57. The summed E-state index contributed by atoms with van der Waals surface area (Å²) in [4.78, 5) is 14.7. The number of alkyl halides is 2. The van der Waals surface area contributed by atoms with Gasteiger partial charge in [0.05, 0.1) is 24.8 Å². The van der Waals surface area contributed by atoms with Gasteiger partial charge in [-0.15, -0.1) is 0 Å². The molecule has 0 atom stereocenters. The van der Waals surface area contributed by atoms with Gasteiger partial charge in [-0.05, 0) is 6.07 Å². The van der Waals surface area contributed by atoms with Gasteiger partial charge in [0, 0.05) is 10.7 Å². The lowest BCUT2D eigenvalue weighted by molar-refractivity contribution is -0.139. The number of methoxy groups -OCH3 is 1. The topological polar surface area (TPSA) is 39.2 Å². The molecule has 0 aliphatic carbocycles. The maximum atomic E-state index is 12.6. The minimum absolute atomic E-state index is 0.0335. The normalized spacial score (nSPS) is 10.5. The average Bonchev–Trinajstić information content (AvgIpc) is 2.17. The van der Waals surface area contributed by atoms with E-state index in [9.17, 15) is 13.6 Å². The molecule has 0 N–H and O–H groups in total. The molecule has 15 heavy (non-hydrogen) atoms. The van der Waals surface area contributed by atoms with Crippen LogP contribution in [-0.2, 0) is 16.0 Å². The molecule has 0 aliphatic rings. The highest BCUT2D eigenvalue weighted by molar-refractivity contribution is 9.10. The van der Waals surface area contributed by atoms with E-state index >= 15 is 0 Å². The first kappa shape index (κ1) is 12.0. The van der Waals surface area contributed by atoms with Crippen molar-refractivity contribution in [3.05, 3.63) is 28.0 Å². The van der Waals surface area contributed by atoms with E-state index in [0.29, 0.717) is 0 Å². The number of esters is 1. The fourth-order valence-electron chi connectivity index (χ4n) is 1.07. The second kappa shape index (κ2) is 5.16. The van der Waals surface area contributed by atoms with Crippen molar-refractivity contribution in [3.8, 4) is 0 Å². The van der Waals surface area contributed by atoms with Crippen molar-refractivity contribution in [2.45, 2.75) is 12.8 Å². The Morgan fingerprint density at radius 3 is 2.87 bits per heavy atom. The Bertz CT molecular complexity index is 371. The molecule has 0 fully saturated rings. The molecule has 1 aromatic rings. The van der Waals surface area contributed by atoms with E-state index in [-0.39, 0.29) is 22.2 Å². The molecule has 0 unspecified atom stereocenters. The SMILES string of the molecule is COC(=O)Cc1nccc(Br)c1C(F)F. The van der Waals surface area contributed by atoms with Crippen molar-refractivity contribution in [1.82, 2.24) is 4.98 Å². The largest absolute Gasteiger partial charge is 0.469 e. The van der Waals surface area contributed by atoms with Crippen LogP contribution in [0.4, 0.5) is 8.78 Å². The van der Waals surface area contributed by atoms with Gasteiger partial charge in [-0.25, -0.2) is 8.78 Å². The van der Waals surface area contributed by atoms with Crippen molar-refractivity contribution in [2.75, 3.05) is 7.11 Å². The third-order valence-electron chi connectivity index (χ3n) is 1.78. The molecular weight excluding hydrogens is 272 g/mol. The molecule has 0 saturated carbocycles. The van der Waals surface area contributed by atoms with Crippen LogP contribution < -0.4 is 0 Å². The lowest BCUT2D eigenvalue weighted by atomic mass is 10.1. The number of hydrogen-bond acceptors (Lipinski definition) is 3. The number of carbonyl (C=O) groups excluding carboxylic acids is 1. The van der Waals surface area contributed by atoms with Crippen molar-refractivity contribution < 1.29 is 18.3 Å². The Balaban J connectivity index is 3.06. The van der Waals surface area contributed by atoms with Crippen molar-refractivity contribution >= 4 is 21.9 Å². The highest BCUT2D eigenvalue weighted by Gasteiger charge is 2.19. The van der Waals surface area contributed by atoms with E-state index in [1.54, 1.807) is 0 Å². The number of ether oxygens (including phenoxy) is 1. The Morgan fingerprint density at radius 2 is 2.33 bits per heavy atom. The van der Waals surface area contributed by atoms with Crippen LogP contribution in [0.2, 0.25) is 0 Å². The van der Waals surface area contributed by atoms with Crippen LogP contribution in [0.1, 0.15) is 17.7 Å². The van der Waals surface area contributed by atoms with Crippen LogP contribution in [0, 0.1) is 0 Å². The van der Waals surface area contributed by atoms with E-state index < -0.39 is 12.4 Å². The van der Waals surface area contributed by atoms with Gasteiger partial charge in [0.15, 0.2) is 0 Å². The molecule has 0 bridgehead atoms. The highest BCUT2D eigenvalue weighted by atomic mass is 79.9. The van der Waals surface area contributed by atoms with E-state index in [0.717, 1.165) is 0 Å². The molecule has 3 nitrogen and oxygen atoms in total. The number of aromatic nitrogens is 1. The van der Waals surface area contributed by atoms with Gasteiger partial charge < -0.3 is 4.74 Å². The molecule has 6 heteroatoms. The smallest absolute Gasteiger partial charge is 0.311 e. The third kappa shape index (κ3) is 2.95. The van der Waals surface area contributed by atoms with E-state index in [2.05, 4.69) is 25.7 Å². The molecule has 1 aromatic heterocycles. The summed E-state index contributed by atoms with van der Waals surface area (Å²) in [5.41, 5.74) is -0.228. The monoisotopic (exact) mass is 279 g/mol. The first-order chi connectivity index (χ1) is 7.06. The zero-order valence-corrected chi connectivity index (χ0v) is 9.42. The predicted molar refractivity (Wildman–Crippen MR) is 52.6 cm³/mol. The van der Waals surface area contributed by atoms with Crippen molar-refractivity contribution in [2.24, 2.45) is 0 Å². The minimum Gasteiger partial charge on any atom is -0.469 e. The first-order valence-electron chi connectivity index (χ1n) is 4.04. The fourth-order valence-corrected chi connectivity index (χ4v) is 1.59. The van der Waals surface area contributed by atoms with Crippen molar-refractivity contribution in [1.29, 1.82) is 0 Å². The summed E-state index contributed by atoms with van der Waals surface area (Å²) in [5, 5.41) is 0. The van der Waals surface area contributed by atoms with Gasteiger partial charge in [-0.2, -0.15) is 0 Å². The van der Waals surface area contributed by atoms with Crippen LogP contribution in [0.25, 0.3) is 0 Å². The molecule has 1 heterocycles. The molecule has 0 aromatic carbocycles. The average molecular weight is 280 g/mol. The second-order valence-corrected chi connectivity index (χ2v) is 3.56. The zero-order valence-electron chi connectivity index (χ0n) is 7.84. The number of rotatable bonds is 3. The summed E-state index contributed by atoms with van der Waals surface area (Å²) < 4.78 is 29.9. The van der Waals surface area contributed by atoms with Crippen LogP contribution in [0.15, 0.2) is 16.7 Å². The standard InChI is InChI=1S/C9H8BrF2NO2/c1-15-7(14)4-6-8(9(11)12)5(10)2-3-13-6/h2-3,9H,4H2,1H3. The molecule has 0 amide bonds. The molecule has 0 aliphatic heterocycles. The zero-order chi connectivity index (χ0) is 11.4. The van der Waals surface area contributed by atoms with Crippen LogP contribution >= 0.6 is 15.9 Å². The van der Waals surface area contributed by atoms with Gasteiger partial charge in [0.2, 0.25) is 0 Å². The number of pyridine rings is 1.